The molecule has 7 nitrogen and oxygen atoms in total. The van der Waals surface area contributed by atoms with E-state index in [2.05, 4.69) is 86.9 Å². The van der Waals surface area contributed by atoms with Gasteiger partial charge in [-0.05, 0) is 76.4 Å². The molecule has 0 unspecified atom stereocenters. The standard InChI is InChI=1S/C67H51N6O.Pt/c1-42-36-60(68-40-53(42)43-20-9-7-10-21-43)73-56-35-32-45(67(2,3)4)37-52(56)49-34-33-48(39-59(49)73)74-47-25-19-24-46(38-47)71-41-72(58-31-18-17-30-57(58)71)66-64-62(50-26-13-15-28-54(50)69(64)5)61(44-22-11-8-12-23-44)63-51-27-14-16-29-55(51)70(6)65(63)66;/h7-37,40-41H,1-6H3;/q-3;/i5D3,6D3;. The van der Waals surface area contributed by atoms with Crippen LogP contribution in [0.15, 0.2) is 194 Å². The fourth-order valence-corrected chi connectivity index (χ4v) is 11.3. The Kier molecular flexibility index (Phi) is 9.42. The molecule has 368 valence electrons. The molecular weight excluding hydrogens is 1100 g/mol. The third-order valence-electron chi connectivity index (χ3n) is 14.8. The summed E-state index contributed by atoms with van der Waals surface area (Å²) < 4.78 is 67.2. The number of pyridine rings is 1. The summed E-state index contributed by atoms with van der Waals surface area (Å²) in [4.78, 5) is 9.01. The maximum absolute atomic E-state index is 9.24. The second-order valence-corrected chi connectivity index (χ2v) is 20.2. The van der Waals surface area contributed by atoms with Crippen molar-refractivity contribution in [3.8, 4) is 39.6 Å². The molecule has 0 saturated heterocycles. The maximum Gasteiger partial charge on any atom is 0.135 e. The number of ether oxygens (including phenoxy) is 1. The number of rotatable bonds is 7. The van der Waals surface area contributed by atoms with Crippen LogP contribution >= 0.6 is 0 Å². The molecular formula is C67H51N6OPt-3. The molecule has 0 fully saturated rings. The average molecular weight is 1160 g/mol. The Hall–Kier alpha value is -8.38. The van der Waals surface area contributed by atoms with Gasteiger partial charge in [-0.15, -0.1) is 48.1 Å². The van der Waals surface area contributed by atoms with Gasteiger partial charge >= 0.3 is 0 Å². The second-order valence-electron chi connectivity index (χ2n) is 20.2. The zero-order valence-electron chi connectivity index (χ0n) is 47.5. The van der Waals surface area contributed by atoms with Crippen LogP contribution in [0.5, 0.6) is 11.5 Å². The third kappa shape index (κ3) is 7.23. The van der Waals surface area contributed by atoms with E-state index in [-0.39, 0.29) is 26.5 Å². The van der Waals surface area contributed by atoms with Gasteiger partial charge in [0.1, 0.15) is 5.82 Å². The van der Waals surface area contributed by atoms with E-state index in [1.807, 2.05) is 168 Å². The summed E-state index contributed by atoms with van der Waals surface area (Å²) in [6.07, 6.45) is 1.95. The molecule has 75 heavy (non-hydrogen) atoms. The molecule has 5 heterocycles. The molecule has 0 atom stereocenters. The third-order valence-corrected chi connectivity index (χ3v) is 14.8. The van der Waals surface area contributed by atoms with Gasteiger partial charge < -0.3 is 28.2 Å². The molecule has 0 bridgehead atoms. The van der Waals surface area contributed by atoms with Crippen molar-refractivity contribution in [2.45, 2.75) is 33.1 Å². The number of fused-ring (bicyclic) bond motifs is 10. The number of hydrogen-bond donors (Lipinski definition) is 0. The number of nitrogens with zero attached hydrogens (tertiary/aromatic N) is 6. The summed E-state index contributed by atoms with van der Waals surface area (Å²) in [7, 11) is 0. The van der Waals surface area contributed by atoms with Gasteiger partial charge in [0.15, 0.2) is 0 Å². The topological polar surface area (TPSA) is 43.4 Å². The summed E-state index contributed by atoms with van der Waals surface area (Å²) in [6, 6.07) is 68.8. The fraction of sp³-hybridized carbons (Fsp3) is 0.104. The molecule has 0 aliphatic carbocycles. The predicted octanol–water partition coefficient (Wildman–Crippen LogP) is 17.2. The summed E-state index contributed by atoms with van der Waals surface area (Å²) in [5.41, 5.74) is 12.0. The Labute approximate surface area is 459 Å². The first-order valence-corrected chi connectivity index (χ1v) is 24.9. The smallest absolute Gasteiger partial charge is 0.135 e. The van der Waals surface area contributed by atoms with E-state index in [0.29, 0.717) is 61.4 Å². The number of aromatic nitrogens is 4. The Morgan fingerprint density at radius 1 is 0.560 bits per heavy atom. The molecule has 1 aliphatic heterocycles. The van der Waals surface area contributed by atoms with E-state index in [4.69, 9.17) is 9.72 Å². The van der Waals surface area contributed by atoms with Crippen molar-refractivity contribution in [1.82, 2.24) is 18.7 Å². The molecule has 0 N–H and O–H groups in total. The van der Waals surface area contributed by atoms with Crippen molar-refractivity contribution in [1.29, 1.82) is 0 Å². The van der Waals surface area contributed by atoms with Gasteiger partial charge in [0.05, 0.1) is 16.7 Å². The van der Waals surface area contributed by atoms with Crippen molar-refractivity contribution in [3.63, 3.8) is 0 Å². The largest absolute Gasteiger partial charge is 0.509 e. The van der Waals surface area contributed by atoms with Crippen molar-refractivity contribution in [3.05, 3.63) is 224 Å². The van der Waals surface area contributed by atoms with Crippen molar-refractivity contribution < 1.29 is 34.0 Å². The Morgan fingerprint density at radius 2 is 1.17 bits per heavy atom. The van der Waals surface area contributed by atoms with Crippen LogP contribution in [0, 0.1) is 25.7 Å². The number of benzene rings is 9. The Bertz CT molecular complexity index is 4540. The zero-order valence-corrected chi connectivity index (χ0v) is 43.7. The molecule has 1 aliphatic rings. The maximum atomic E-state index is 9.24. The van der Waals surface area contributed by atoms with Gasteiger partial charge in [-0.2, -0.15) is 12.1 Å². The normalized spacial score (nSPS) is 14.2. The van der Waals surface area contributed by atoms with Crippen molar-refractivity contribution in [2.75, 3.05) is 9.80 Å². The van der Waals surface area contributed by atoms with Crippen LogP contribution in [0.2, 0.25) is 0 Å². The minimum absolute atomic E-state index is 0. The molecule has 14 rings (SSSR count). The van der Waals surface area contributed by atoms with E-state index < -0.39 is 14.0 Å². The SMILES string of the molecule is [2H]C([2H])([2H])n1c2ccccc2c2c(-c3ccccc3)c3c4ccccc4n(C([2H])([2H])[2H])c3c(N3[CH-]N(c4[c-]c(Oc5[c-]c6c(cc5)c5cc(C(C)(C)C)ccc5n6-c5cc(C)c(-c6ccccc6)cn5)ccc4)c4ccccc43)c21.[Pt]. The van der Waals surface area contributed by atoms with Crippen LogP contribution in [0.1, 0.15) is 40.1 Å². The van der Waals surface area contributed by atoms with Gasteiger partial charge in [-0.1, -0.05) is 148 Å². The van der Waals surface area contributed by atoms with Crippen molar-refractivity contribution in [2.24, 2.45) is 14.0 Å². The monoisotopic (exact) mass is 1160 g/mol. The van der Waals surface area contributed by atoms with Gasteiger partial charge in [-0.25, -0.2) is 4.98 Å². The van der Waals surface area contributed by atoms with E-state index in [0.717, 1.165) is 71.9 Å². The molecule has 0 amide bonds. The fourth-order valence-electron chi connectivity index (χ4n) is 11.3. The van der Waals surface area contributed by atoms with E-state index in [1.54, 1.807) is 0 Å². The molecule has 8 heteroatoms. The molecule has 0 spiro atoms. The second kappa shape index (κ2) is 17.6. The summed E-state index contributed by atoms with van der Waals surface area (Å²) in [5.74, 6) is 1.68. The number of hydrogen-bond acceptors (Lipinski definition) is 4. The number of aryl methyl sites for hydroxylation is 3. The van der Waals surface area contributed by atoms with Crippen LogP contribution < -0.4 is 14.5 Å². The molecule has 9 aromatic carbocycles. The molecule has 4 aromatic heterocycles. The van der Waals surface area contributed by atoms with Gasteiger partial charge in [0, 0.05) is 122 Å². The van der Waals surface area contributed by atoms with E-state index >= 15 is 0 Å². The van der Waals surface area contributed by atoms with E-state index in [1.165, 1.54) is 14.7 Å². The average Bonchev–Trinajstić information content (AvgIpc) is 2.50. The van der Waals surface area contributed by atoms with Crippen LogP contribution in [0.4, 0.5) is 22.7 Å². The van der Waals surface area contributed by atoms with E-state index in [9.17, 15) is 8.22 Å². The van der Waals surface area contributed by atoms with Crippen molar-refractivity contribution >= 4 is 88.2 Å². The van der Waals surface area contributed by atoms with Gasteiger partial charge in [0.2, 0.25) is 0 Å². The van der Waals surface area contributed by atoms with Crippen LogP contribution in [0.25, 0.3) is 93.5 Å². The predicted molar refractivity (Wildman–Crippen MR) is 307 cm³/mol. The number of anilines is 4. The number of para-hydroxylation sites is 4. The zero-order chi connectivity index (χ0) is 55.0. The summed E-state index contributed by atoms with van der Waals surface area (Å²) in [5, 5.41) is 4.95. The minimum Gasteiger partial charge on any atom is -0.509 e. The summed E-state index contributed by atoms with van der Waals surface area (Å²) in [6.45, 7) is 5.30. The Morgan fingerprint density at radius 3 is 1.83 bits per heavy atom. The Balaban J connectivity index is 0.00000618. The van der Waals surface area contributed by atoms with Crippen LogP contribution in [-0.2, 0) is 40.4 Å². The van der Waals surface area contributed by atoms with Gasteiger partial charge in [0.25, 0.3) is 0 Å². The first-order chi connectivity index (χ1) is 38.5. The van der Waals surface area contributed by atoms with Crippen LogP contribution in [-0.4, -0.2) is 18.7 Å². The molecule has 0 radical (unpaired) electrons. The first-order valence-electron chi connectivity index (χ1n) is 27.9. The summed E-state index contributed by atoms with van der Waals surface area (Å²) >= 11 is 0. The van der Waals surface area contributed by atoms with Crippen LogP contribution in [0.3, 0.4) is 0 Å². The molecule has 13 aromatic rings. The quantitative estimate of drug-likeness (QED) is 0.149. The molecule has 0 saturated carbocycles. The van der Waals surface area contributed by atoms with Gasteiger partial charge in [-0.3, -0.25) is 0 Å². The minimum atomic E-state index is -2.70. The first kappa shape index (κ1) is 40.1.